The summed E-state index contributed by atoms with van der Waals surface area (Å²) in [6.07, 6.45) is 1.19. The molecule has 22 heavy (non-hydrogen) atoms. The van der Waals surface area contributed by atoms with E-state index in [1.165, 1.54) is 0 Å². The molecule has 2 bridgehead atoms. The topological polar surface area (TPSA) is 90.2 Å². The number of ether oxygens (including phenoxy) is 5. The number of carbonyl (C=O) groups is 2. The smallest absolute Gasteiger partial charge is 0.310 e. The summed E-state index contributed by atoms with van der Waals surface area (Å²) in [6, 6.07) is 0. The van der Waals surface area contributed by atoms with Crippen LogP contribution in [0.4, 0.5) is 0 Å². The Hall–Kier alpha value is -1.18. The Morgan fingerprint density at radius 2 is 1.32 bits per heavy atom. The van der Waals surface area contributed by atoms with Gasteiger partial charge in [-0.05, 0) is 6.42 Å². The summed E-state index contributed by atoms with van der Waals surface area (Å²) in [6.45, 7) is 1.84. The van der Waals surface area contributed by atoms with Gasteiger partial charge in [0.15, 0.2) is 0 Å². The van der Waals surface area contributed by atoms with Crippen molar-refractivity contribution < 1.29 is 33.3 Å². The van der Waals surface area contributed by atoms with Gasteiger partial charge < -0.3 is 23.7 Å². The van der Waals surface area contributed by atoms with Gasteiger partial charge >= 0.3 is 11.9 Å². The van der Waals surface area contributed by atoms with Crippen molar-refractivity contribution in [2.24, 2.45) is 23.7 Å². The van der Waals surface area contributed by atoms with Gasteiger partial charge in [0.1, 0.15) is 25.4 Å². The Morgan fingerprint density at radius 3 is 1.73 bits per heavy atom. The molecule has 2 aliphatic carbocycles. The van der Waals surface area contributed by atoms with E-state index in [0.717, 1.165) is 6.42 Å². The molecule has 5 aliphatic rings. The van der Waals surface area contributed by atoms with Crippen LogP contribution in [0.1, 0.15) is 6.42 Å². The van der Waals surface area contributed by atoms with Crippen molar-refractivity contribution in [3.63, 3.8) is 0 Å². The molecule has 7 nitrogen and oxygen atoms in total. The first-order valence-corrected chi connectivity index (χ1v) is 7.94. The van der Waals surface area contributed by atoms with Crippen LogP contribution in [0.5, 0.6) is 0 Å². The van der Waals surface area contributed by atoms with E-state index < -0.39 is 11.8 Å². The van der Waals surface area contributed by atoms with E-state index in [-0.39, 0.29) is 61.4 Å². The first-order valence-electron chi connectivity index (χ1n) is 7.94. The van der Waals surface area contributed by atoms with Crippen molar-refractivity contribution in [2.75, 3.05) is 26.4 Å². The summed E-state index contributed by atoms with van der Waals surface area (Å²) in [5, 5.41) is 0. The van der Waals surface area contributed by atoms with Gasteiger partial charge in [0.2, 0.25) is 0 Å². The van der Waals surface area contributed by atoms with Crippen LogP contribution in [0.3, 0.4) is 0 Å². The van der Waals surface area contributed by atoms with Gasteiger partial charge in [-0.1, -0.05) is 0 Å². The molecule has 3 saturated heterocycles. The molecule has 0 N–H and O–H groups in total. The van der Waals surface area contributed by atoms with E-state index >= 15 is 0 Å². The lowest BCUT2D eigenvalue weighted by Crippen LogP contribution is -2.40. The predicted octanol–water partition coefficient (Wildman–Crippen LogP) is -0.480. The molecule has 0 spiro atoms. The van der Waals surface area contributed by atoms with Crippen molar-refractivity contribution in [1.29, 1.82) is 0 Å². The lowest BCUT2D eigenvalue weighted by molar-refractivity contribution is -0.163. The first-order chi connectivity index (χ1) is 10.7. The minimum absolute atomic E-state index is 0.0323. The van der Waals surface area contributed by atoms with Gasteiger partial charge in [-0.25, -0.2) is 0 Å². The third kappa shape index (κ3) is 2.14. The Kier molecular flexibility index (Phi) is 2.81. The monoisotopic (exact) mass is 310 g/mol. The van der Waals surface area contributed by atoms with Crippen molar-refractivity contribution in [2.45, 2.75) is 30.8 Å². The quantitative estimate of drug-likeness (QED) is 0.483. The molecule has 0 aromatic carbocycles. The second kappa shape index (κ2) is 4.66. The lowest BCUT2D eigenvalue weighted by Gasteiger charge is -2.25. The van der Waals surface area contributed by atoms with Gasteiger partial charge in [0.25, 0.3) is 0 Å². The van der Waals surface area contributed by atoms with Crippen molar-refractivity contribution in [3.05, 3.63) is 0 Å². The summed E-state index contributed by atoms with van der Waals surface area (Å²) in [7, 11) is 0. The fourth-order valence-electron chi connectivity index (χ4n) is 4.16. The van der Waals surface area contributed by atoms with Gasteiger partial charge in [-0.2, -0.15) is 0 Å². The number of carbonyl (C=O) groups excluding carboxylic acids is 2. The molecule has 120 valence electrons. The van der Waals surface area contributed by atoms with E-state index in [1.807, 2.05) is 0 Å². The fourth-order valence-corrected chi connectivity index (χ4v) is 4.16. The van der Waals surface area contributed by atoms with E-state index in [4.69, 9.17) is 23.7 Å². The molecule has 2 saturated carbocycles. The molecule has 8 atom stereocenters. The van der Waals surface area contributed by atoms with Gasteiger partial charge in [0, 0.05) is 11.8 Å². The zero-order valence-electron chi connectivity index (χ0n) is 12.0. The highest BCUT2D eigenvalue weighted by atomic mass is 16.6. The molecule has 7 unspecified atom stereocenters. The molecule has 0 radical (unpaired) electrons. The number of hydrogen-bond donors (Lipinski definition) is 0. The van der Waals surface area contributed by atoms with Crippen LogP contribution < -0.4 is 0 Å². The van der Waals surface area contributed by atoms with Crippen LogP contribution in [0, 0.1) is 23.7 Å². The van der Waals surface area contributed by atoms with Crippen LogP contribution in [0.25, 0.3) is 0 Å². The zero-order valence-corrected chi connectivity index (χ0v) is 12.0. The summed E-state index contributed by atoms with van der Waals surface area (Å²) in [5.41, 5.74) is 0. The molecule has 3 aliphatic heterocycles. The number of fused-ring (bicyclic) bond motifs is 5. The predicted molar refractivity (Wildman–Crippen MR) is 68.6 cm³/mol. The van der Waals surface area contributed by atoms with Crippen molar-refractivity contribution in [1.82, 2.24) is 0 Å². The van der Waals surface area contributed by atoms with Crippen LogP contribution in [0.15, 0.2) is 0 Å². The van der Waals surface area contributed by atoms with Crippen LogP contribution in [-0.4, -0.2) is 62.8 Å². The SMILES string of the molecule is O=C(OCC1CO1)C1C2CC(C3OC23)C1C(=O)OC[C@@H]1CO1. The van der Waals surface area contributed by atoms with Gasteiger partial charge in [-0.15, -0.1) is 0 Å². The van der Waals surface area contributed by atoms with Crippen molar-refractivity contribution >= 4 is 11.9 Å². The molecule has 3 heterocycles. The number of epoxide rings is 3. The standard InChI is InChI=1S/C15H18O7/c16-14(20-4-6-2-18-6)10-8-1-9(13-12(8)22-13)11(10)15(17)21-5-7-3-19-7/h6-13H,1-5H2/t6-,7?,8?,9?,10?,11?,12?,13?/m0/s1. The highest BCUT2D eigenvalue weighted by Crippen LogP contribution is 2.62. The molecule has 0 aromatic heterocycles. The van der Waals surface area contributed by atoms with Crippen LogP contribution >= 0.6 is 0 Å². The number of esters is 2. The summed E-state index contributed by atoms with van der Waals surface area (Å²) < 4.78 is 26.4. The molecule has 5 rings (SSSR count). The maximum atomic E-state index is 12.4. The van der Waals surface area contributed by atoms with E-state index in [9.17, 15) is 9.59 Å². The minimum atomic E-state index is -0.430. The van der Waals surface area contributed by atoms with Crippen molar-refractivity contribution in [3.8, 4) is 0 Å². The highest BCUT2D eigenvalue weighted by molar-refractivity contribution is 5.84. The summed E-state index contributed by atoms with van der Waals surface area (Å²) >= 11 is 0. The Labute approximate surface area is 127 Å². The van der Waals surface area contributed by atoms with E-state index in [1.54, 1.807) is 0 Å². The number of hydrogen-bond acceptors (Lipinski definition) is 7. The largest absolute Gasteiger partial charge is 0.463 e. The maximum absolute atomic E-state index is 12.4. The van der Waals surface area contributed by atoms with Crippen LogP contribution in [-0.2, 0) is 33.3 Å². The first kappa shape index (κ1) is 13.3. The third-order valence-electron chi connectivity index (χ3n) is 5.43. The molecule has 7 heteroatoms. The molecular weight excluding hydrogens is 292 g/mol. The Balaban J connectivity index is 1.28. The van der Waals surface area contributed by atoms with E-state index in [0.29, 0.717) is 13.2 Å². The zero-order chi connectivity index (χ0) is 14.8. The van der Waals surface area contributed by atoms with Crippen LogP contribution in [0.2, 0.25) is 0 Å². The van der Waals surface area contributed by atoms with E-state index in [2.05, 4.69) is 0 Å². The molecule has 0 aromatic rings. The normalized spacial score (nSPS) is 49.5. The summed E-state index contributed by atoms with van der Waals surface area (Å²) in [4.78, 5) is 24.9. The minimum Gasteiger partial charge on any atom is -0.463 e. The third-order valence-corrected chi connectivity index (χ3v) is 5.43. The average Bonchev–Trinajstić information content (AvgIpc) is 3.40. The van der Waals surface area contributed by atoms with Gasteiger partial charge in [-0.3, -0.25) is 9.59 Å². The Morgan fingerprint density at radius 1 is 0.864 bits per heavy atom. The maximum Gasteiger partial charge on any atom is 0.310 e. The second-order valence-electron chi connectivity index (χ2n) is 6.85. The van der Waals surface area contributed by atoms with Gasteiger partial charge in [0.05, 0.1) is 37.3 Å². The highest BCUT2D eigenvalue weighted by Gasteiger charge is 2.71. The summed E-state index contributed by atoms with van der Waals surface area (Å²) in [5.74, 6) is -1.28. The average molecular weight is 310 g/mol. The fraction of sp³-hybridized carbons (Fsp3) is 0.867. The lowest BCUT2D eigenvalue weighted by atomic mass is 9.79. The molecule has 0 amide bonds. The molecular formula is C15H18O7. The Bertz CT molecular complexity index is 468. The molecule has 5 fully saturated rings. The second-order valence-corrected chi connectivity index (χ2v) is 6.85. The number of rotatable bonds is 6.